The van der Waals surface area contributed by atoms with Gasteiger partial charge in [0.15, 0.2) is 0 Å². The van der Waals surface area contributed by atoms with Gasteiger partial charge in [0.25, 0.3) is 10.0 Å². The minimum absolute atomic E-state index is 0.0552. The van der Waals surface area contributed by atoms with Crippen molar-refractivity contribution in [2.24, 2.45) is 0 Å². The molecule has 0 aromatic heterocycles. The monoisotopic (exact) mass is 339 g/mol. The van der Waals surface area contributed by atoms with E-state index < -0.39 is 16.0 Å². The molecule has 5 nitrogen and oxygen atoms in total. The third-order valence-corrected chi connectivity index (χ3v) is 4.76. The smallest absolute Gasteiger partial charge is 0.339 e. The highest BCUT2D eigenvalue weighted by Crippen LogP contribution is 2.24. The zero-order valence-electron chi connectivity index (χ0n) is 12.0. The average molecular weight is 340 g/mol. The predicted octanol–water partition coefficient (Wildman–Crippen LogP) is 3.24. The molecule has 0 aliphatic carbocycles. The summed E-state index contributed by atoms with van der Waals surface area (Å²) in [4.78, 5) is 11.8. The maximum atomic E-state index is 12.5. The number of sulfonamides is 1. The second kappa shape index (κ2) is 6.37. The number of rotatable bonds is 4. The molecule has 0 bridgehead atoms. The number of anilines is 1. The van der Waals surface area contributed by atoms with Crippen LogP contribution in [0.25, 0.3) is 0 Å². The van der Waals surface area contributed by atoms with Gasteiger partial charge in [0.2, 0.25) is 0 Å². The van der Waals surface area contributed by atoms with Gasteiger partial charge in [-0.2, -0.15) is 0 Å². The molecular weight excluding hydrogens is 326 g/mol. The fraction of sp³-hybridized carbons (Fsp3) is 0.133. The van der Waals surface area contributed by atoms with Crippen LogP contribution in [0.15, 0.2) is 47.4 Å². The van der Waals surface area contributed by atoms with Crippen molar-refractivity contribution in [3.63, 3.8) is 0 Å². The molecule has 0 aliphatic rings. The number of halogens is 1. The van der Waals surface area contributed by atoms with Gasteiger partial charge in [0, 0.05) is 5.02 Å². The Balaban J connectivity index is 2.46. The summed E-state index contributed by atoms with van der Waals surface area (Å²) in [5, 5.41) is 0.312. The lowest BCUT2D eigenvalue weighted by Gasteiger charge is -2.13. The van der Waals surface area contributed by atoms with Crippen LogP contribution in [0.1, 0.15) is 15.9 Å². The third-order valence-electron chi connectivity index (χ3n) is 3.02. The topological polar surface area (TPSA) is 72.5 Å². The van der Waals surface area contributed by atoms with Gasteiger partial charge >= 0.3 is 5.97 Å². The summed E-state index contributed by atoms with van der Waals surface area (Å²) in [6, 6.07) is 10.8. The highest BCUT2D eigenvalue weighted by Gasteiger charge is 2.20. The zero-order valence-corrected chi connectivity index (χ0v) is 13.5. The molecule has 0 atom stereocenters. The highest BCUT2D eigenvalue weighted by atomic mass is 35.5. The minimum Gasteiger partial charge on any atom is -0.465 e. The summed E-state index contributed by atoms with van der Waals surface area (Å²) >= 11 is 5.86. The van der Waals surface area contributed by atoms with Crippen molar-refractivity contribution in [2.45, 2.75) is 11.8 Å². The van der Waals surface area contributed by atoms with Crippen LogP contribution < -0.4 is 4.72 Å². The van der Waals surface area contributed by atoms with Gasteiger partial charge in [-0.15, -0.1) is 0 Å². The molecule has 2 rings (SSSR count). The van der Waals surface area contributed by atoms with Crippen LogP contribution in [-0.4, -0.2) is 21.5 Å². The first-order valence-corrected chi connectivity index (χ1v) is 8.17. The van der Waals surface area contributed by atoms with Gasteiger partial charge in [0.05, 0.1) is 23.3 Å². The lowest BCUT2D eigenvalue weighted by Crippen LogP contribution is -2.17. The van der Waals surface area contributed by atoms with Gasteiger partial charge in [-0.1, -0.05) is 29.8 Å². The van der Waals surface area contributed by atoms with Crippen LogP contribution in [0.3, 0.4) is 0 Å². The number of carbonyl (C=O) groups excluding carboxylic acids is 1. The van der Waals surface area contributed by atoms with Crippen LogP contribution in [0.4, 0.5) is 5.69 Å². The second-order valence-electron chi connectivity index (χ2n) is 4.55. The first-order valence-electron chi connectivity index (χ1n) is 6.31. The largest absolute Gasteiger partial charge is 0.465 e. The van der Waals surface area contributed by atoms with Crippen LogP contribution in [0, 0.1) is 6.92 Å². The number of hydrogen-bond donors (Lipinski definition) is 1. The third kappa shape index (κ3) is 3.40. The molecule has 0 amide bonds. The number of hydrogen-bond acceptors (Lipinski definition) is 4. The lowest BCUT2D eigenvalue weighted by molar-refractivity contribution is 0.0602. The number of carbonyl (C=O) groups is 1. The fourth-order valence-corrected chi connectivity index (χ4v) is 3.51. The van der Waals surface area contributed by atoms with Crippen molar-refractivity contribution in [1.29, 1.82) is 0 Å². The first-order chi connectivity index (χ1) is 10.3. The maximum Gasteiger partial charge on any atom is 0.339 e. The molecule has 2 aromatic rings. The van der Waals surface area contributed by atoms with Gasteiger partial charge in [0.1, 0.15) is 0 Å². The molecular formula is C15H14ClNO4S. The highest BCUT2D eigenvalue weighted by molar-refractivity contribution is 7.92. The SMILES string of the molecule is COC(=O)c1ccccc1NS(=O)(=O)c1cc(Cl)ccc1C. The minimum atomic E-state index is -3.87. The molecule has 0 aliphatic heterocycles. The van der Waals surface area contributed by atoms with E-state index >= 15 is 0 Å². The van der Waals surface area contributed by atoms with E-state index in [1.807, 2.05) is 0 Å². The fourth-order valence-electron chi connectivity index (χ4n) is 1.92. The van der Waals surface area contributed by atoms with Crippen molar-refractivity contribution >= 4 is 33.3 Å². The van der Waals surface area contributed by atoms with E-state index in [4.69, 9.17) is 11.6 Å². The van der Waals surface area contributed by atoms with E-state index in [2.05, 4.69) is 9.46 Å². The molecule has 0 saturated heterocycles. The molecule has 0 radical (unpaired) electrons. The van der Waals surface area contributed by atoms with Crippen molar-refractivity contribution in [1.82, 2.24) is 0 Å². The van der Waals surface area contributed by atoms with E-state index in [9.17, 15) is 13.2 Å². The lowest BCUT2D eigenvalue weighted by atomic mass is 10.2. The summed E-state index contributed by atoms with van der Waals surface area (Å²) in [7, 11) is -2.64. The molecule has 0 spiro atoms. The molecule has 116 valence electrons. The Kier molecular flexibility index (Phi) is 4.73. The maximum absolute atomic E-state index is 12.5. The Hall–Kier alpha value is -2.05. The Labute approximate surface area is 133 Å². The zero-order chi connectivity index (χ0) is 16.3. The van der Waals surface area contributed by atoms with E-state index in [-0.39, 0.29) is 16.1 Å². The number of esters is 1. The summed E-state index contributed by atoms with van der Waals surface area (Å²) in [5.41, 5.74) is 0.828. The van der Waals surface area contributed by atoms with Gasteiger partial charge in [-0.25, -0.2) is 13.2 Å². The number of methoxy groups -OCH3 is 1. The second-order valence-corrected chi connectivity index (χ2v) is 6.64. The predicted molar refractivity (Wildman–Crippen MR) is 84.8 cm³/mol. The Morgan fingerprint density at radius 2 is 1.86 bits per heavy atom. The van der Waals surface area contributed by atoms with Crippen molar-refractivity contribution in [3.8, 4) is 0 Å². The molecule has 0 heterocycles. The van der Waals surface area contributed by atoms with Crippen LogP contribution in [-0.2, 0) is 14.8 Å². The molecule has 0 saturated carbocycles. The normalized spacial score (nSPS) is 11.0. The Bertz CT molecular complexity index is 818. The Morgan fingerprint density at radius 3 is 2.55 bits per heavy atom. The van der Waals surface area contributed by atoms with E-state index in [0.717, 1.165) is 0 Å². The van der Waals surface area contributed by atoms with Gasteiger partial charge < -0.3 is 4.74 Å². The van der Waals surface area contributed by atoms with E-state index in [1.165, 1.54) is 25.3 Å². The number of ether oxygens (including phenoxy) is 1. The molecule has 0 fully saturated rings. The molecule has 0 unspecified atom stereocenters. The van der Waals surface area contributed by atoms with E-state index in [1.54, 1.807) is 31.2 Å². The summed E-state index contributed by atoms with van der Waals surface area (Å²) < 4.78 is 32.1. The van der Waals surface area contributed by atoms with Crippen molar-refractivity contribution in [3.05, 3.63) is 58.6 Å². The van der Waals surface area contributed by atoms with Crippen LogP contribution in [0.2, 0.25) is 5.02 Å². The van der Waals surface area contributed by atoms with Crippen LogP contribution in [0.5, 0.6) is 0 Å². The van der Waals surface area contributed by atoms with Gasteiger partial charge in [-0.3, -0.25) is 4.72 Å². The van der Waals surface area contributed by atoms with Crippen molar-refractivity contribution < 1.29 is 17.9 Å². The standard InChI is InChI=1S/C15H14ClNO4S/c1-10-7-8-11(16)9-14(10)22(19,20)17-13-6-4-3-5-12(13)15(18)21-2/h3-9,17H,1-2H3. The van der Waals surface area contributed by atoms with Crippen LogP contribution >= 0.6 is 11.6 Å². The average Bonchev–Trinajstić information content (AvgIpc) is 2.49. The number of para-hydroxylation sites is 1. The number of nitrogens with one attached hydrogen (secondary N) is 1. The summed E-state index contributed by atoms with van der Waals surface area (Å²) in [6.07, 6.45) is 0. The molecule has 7 heteroatoms. The Morgan fingerprint density at radius 1 is 1.18 bits per heavy atom. The quantitative estimate of drug-likeness (QED) is 0.868. The molecule has 2 aromatic carbocycles. The first kappa shape index (κ1) is 16.3. The number of benzene rings is 2. The molecule has 22 heavy (non-hydrogen) atoms. The van der Waals surface area contributed by atoms with Crippen molar-refractivity contribution in [2.75, 3.05) is 11.8 Å². The van der Waals surface area contributed by atoms with Gasteiger partial charge in [-0.05, 0) is 36.8 Å². The number of aryl methyl sites for hydroxylation is 1. The summed E-state index contributed by atoms with van der Waals surface area (Å²) in [6.45, 7) is 1.66. The molecule has 1 N–H and O–H groups in total. The summed E-state index contributed by atoms with van der Waals surface area (Å²) in [5.74, 6) is -0.624. The van der Waals surface area contributed by atoms with E-state index in [0.29, 0.717) is 10.6 Å².